The van der Waals surface area contributed by atoms with E-state index < -0.39 is 16.0 Å². The summed E-state index contributed by atoms with van der Waals surface area (Å²) >= 11 is 6.80. The number of aliphatic hydroxyl groups excluding tert-OH is 1. The molecule has 0 aliphatic carbocycles. The zero-order valence-corrected chi connectivity index (χ0v) is 20.3. The molecule has 3 aromatic rings. The first kappa shape index (κ1) is 24.2. The number of aromatic amines is 1. The van der Waals surface area contributed by atoms with Crippen LogP contribution in [0.3, 0.4) is 0 Å². The van der Waals surface area contributed by atoms with Crippen LogP contribution in [-0.4, -0.2) is 68.2 Å². The summed E-state index contributed by atoms with van der Waals surface area (Å²) in [5.74, 6) is -0.119. The van der Waals surface area contributed by atoms with Crippen molar-refractivity contribution in [1.29, 1.82) is 0 Å². The fourth-order valence-corrected chi connectivity index (χ4v) is 5.13. The second kappa shape index (κ2) is 9.76. The average Bonchev–Trinajstić information content (AvgIpc) is 3.50. The molecule has 0 fully saturated rings. The van der Waals surface area contributed by atoms with Crippen LogP contribution in [0.1, 0.15) is 11.4 Å². The molecule has 34 heavy (non-hydrogen) atoms. The van der Waals surface area contributed by atoms with Gasteiger partial charge in [0.1, 0.15) is 10.7 Å². The van der Waals surface area contributed by atoms with Crippen LogP contribution in [0.5, 0.6) is 11.6 Å². The van der Waals surface area contributed by atoms with Gasteiger partial charge in [-0.05, 0) is 30.6 Å². The summed E-state index contributed by atoms with van der Waals surface area (Å²) in [4.78, 5) is 1.26. The van der Waals surface area contributed by atoms with Crippen molar-refractivity contribution in [3.63, 3.8) is 0 Å². The number of aromatic hydroxyl groups is 1. The fraction of sp³-hybridized carbons (Fsp3) is 0.316. The van der Waals surface area contributed by atoms with E-state index in [1.54, 1.807) is 22.1 Å². The maximum absolute atomic E-state index is 11.5. The van der Waals surface area contributed by atoms with Gasteiger partial charge in [-0.3, -0.25) is 14.6 Å². The Bertz CT molecular complexity index is 1430. The van der Waals surface area contributed by atoms with E-state index in [0.717, 1.165) is 5.69 Å². The summed E-state index contributed by atoms with van der Waals surface area (Å²) in [6.07, 6.45) is 1.40. The number of nitrogens with one attached hydrogen (secondary N) is 1. The Hall–Kier alpha value is -2.91. The second-order valence-electron chi connectivity index (χ2n) is 7.15. The number of anilines is 1. The predicted octanol–water partition coefficient (Wildman–Crippen LogP) is 2.01. The summed E-state index contributed by atoms with van der Waals surface area (Å²) in [5.41, 5.74) is 3.87. The molecule has 0 amide bonds. The summed E-state index contributed by atoms with van der Waals surface area (Å²) in [6, 6.07) is 3.37. The van der Waals surface area contributed by atoms with Gasteiger partial charge in [0.25, 0.3) is 10.1 Å². The Kier molecular flexibility index (Phi) is 6.95. The van der Waals surface area contributed by atoms with Crippen molar-refractivity contribution >= 4 is 44.7 Å². The molecule has 3 aromatic heterocycles. The van der Waals surface area contributed by atoms with Crippen molar-refractivity contribution in [2.75, 3.05) is 30.6 Å². The van der Waals surface area contributed by atoms with Crippen molar-refractivity contribution in [2.45, 2.75) is 13.5 Å². The van der Waals surface area contributed by atoms with Crippen LogP contribution in [0.4, 0.5) is 5.00 Å². The van der Waals surface area contributed by atoms with Gasteiger partial charge in [0.15, 0.2) is 22.2 Å². The van der Waals surface area contributed by atoms with Crippen LogP contribution in [0.25, 0.3) is 11.9 Å². The molecule has 0 radical (unpaired) electrons. The Morgan fingerprint density at radius 2 is 2.21 bits per heavy atom. The highest BCUT2D eigenvalue weighted by Crippen LogP contribution is 2.43. The lowest BCUT2D eigenvalue weighted by molar-refractivity contribution is 0.0867. The number of hydrogen-bond donors (Lipinski definition) is 4. The first-order valence-corrected chi connectivity index (χ1v) is 12.8. The van der Waals surface area contributed by atoms with E-state index >= 15 is 0 Å². The highest BCUT2D eigenvalue weighted by atomic mass is 32.2. The highest BCUT2D eigenvalue weighted by molar-refractivity contribution is 7.85. The molecular formula is C19H21N5O7S3. The first-order valence-electron chi connectivity index (χ1n) is 9.90. The Morgan fingerprint density at radius 3 is 2.88 bits per heavy atom. The van der Waals surface area contributed by atoms with Gasteiger partial charge in [-0.1, -0.05) is 5.73 Å². The number of rotatable bonds is 9. The molecule has 0 bridgehead atoms. The van der Waals surface area contributed by atoms with Crippen molar-refractivity contribution < 1.29 is 32.7 Å². The van der Waals surface area contributed by atoms with Gasteiger partial charge in [0, 0.05) is 24.4 Å². The van der Waals surface area contributed by atoms with E-state index in [4.69, 9.17) is 26.8 Å². The van der Waals surface area contributed by atoms with E-state index in [9.17, 15) is 18.1 Å². The Balaban J connectivity index is 1.78. The monoisotopic (exact) mass is 527 g/mol. The molecule has 1 aliphatic heterocycles. The zero-order valence-electron chi connectivity index (χ0n) is 17.8. The second-order valence-corrected chi connectivity index (χ2v) is 9.83. The van der Waals surface area contributed by atoms with E-state index in [2.05, 4.69) is 15.9 Å². The van der Waals surface area contributed by atoms with Crippen molar-refractivity contribution in [3.05, 3.63) is 45.3 Å². The number of imidazole rings is 1. The van der Waals surface area contributed by atoms with E-state index in [1.807, 2.05) is 6.92 Å². The maximum atomic E-state index is 11.5. The molecule has 0 spiro atoms. The highest BCUT2D eigenvalue weighted by Gasteiger charge is 2.31. The number of thiophene rings is 1. The number of aromatic nitrogens is 4. The third kappa shape index (κ3) is 4.95. The lowest BCUT2D eigenvalue weighted by atomic mass is 10.4. The molecule has 0 atom stereocenters. The molecule has 0 saturated carbocycles. The molecule has 0 saturated heterocycles. The molecule has 4 heterocycles. The standard InChI is InChI=1S/C19H21N5O7S3/c1-12-10-15(21-20-12)24-17(26)13(22(19(24)32)5-7-30-8-6-25)2-3-16-23(11-34(27,28)29)18-14(31-16)4-9-33-18/h2,4,9-10,25-26H,5-8,11H2,1H3,(H,20,21)(H,27,28,29). The molecule has 0 unspecified atom stereocenters. The number of fused-ring (bicyclic) bond motifs is 1. The minimum atomic E-state index is -4.36. The number of aryl methyl sites for hydroxylation is 1. The maximum Gasteiger partial charge on any atom is 0.283 e. The summed E-state index contributed by atoms with van der Waals surface area (Å²) in [7, 11) is -4.36. The van der Waals surface area contributed by atoms with Gasteiger partial charge in [-0.15, -0.1) is 11.3 Å². The predicted molar refractivity (Wildman–Crippen MR) is 126 cm³/mol. The van der Waals surface area contributed by atoms with Gasteiger partial charge in [-0.25, -0.2) is 4.57 Å². The van der Waals surface area contributed by atoms with E-state index in [-0.39, 0.29) is 48.6 Å². The minimum Gasteiger partial charge on any atom is -0.493 e. The van der Waals surface area contributed by atoms with Crippen LogP contribution in [0, 0.1) is 11.7 Å². The van der Waals surface area contributed by atoms with Gasteiger partial charge in [0.2, 0.25) is 11.8 Å². The average molecular weight is 528 g/mol. The van der Waals surface area contributed by atoms with Crippen LogP contribution < -0.4 is 9.64 Å². The number of ether oxygens (including phenoxy) is 2. The molecule has 1 aliphatic rings. The fourth-order valence-electron chi connectivity index (χ4n) is 3.29. The quantitative estimate of drug-likeness (QED) is 0.141. The normalized spacial score (nSPS) is 13.1. The minimum absolute atomic E-state index is 0.0243. The van der Waals surface area contributed by atoms with Gasteiger partial charge < -0.3 is 24.3 Å². The zero-order chi connectivity index (χ0) is 24.5. The first-order chi connectivity index (χ1) is 16.2. The number of hydrogen-bond acceptors (Lipinski definition) is 10. The Morgan fingerprint density at radius 1 is 1.41 bits per heavy atom. The summed E-state index contributed by atoms with van der Waals surface area (Å²) in [5, 5.41) is 29.1. The lowest BCUT2D eigenvalue weighted by Crippen LogP contribution is -2.26. The van der Waals surface area contributed by atoms with Crippen molar-refractivity contribution in [1.82, 2.24) is 19.3 Å². The molecule has 182 valence electrons. The third-order valence-corrected chi connectivity index (χ3v) is 6.61. The van der Waals surface area contributed by atoms with Gasteiger partial charge >= 0.3 is 0 Å². The molecular weight excluding hydrogens is 506 g/mol. The lowest BCUT2D eigenvalue weighted by Gasteiger charge is -2.13. The van der Waals surface area contributed by atoms with Crippen LogP contribution in [0.2, 0.25) is 0 Å². The number of nitrogens with zero attached hydrogens (tertiary/aromatic N) is 4. The van der Waals surface area contributed by atoms with Gasteiger partial charge in [-0.2, -0.15) is 13.5 Å². The smallest absolute Gasteiger partial charge is 0.283 e. The van der Waals surface area contributed by atoms with Crippen LogP contribution in [-0.2, 0) is 21.4 Å². The summed E-state index contributed by atoms with van der Waals surface area (Å²) in [6.45, 7) is 2.28. The van der Waals surface area contributed by atoms with Gasteiger partial charge in [0.05, 0.1) is 19.8 Å². The molecule has 12 nitrogen and oxygen atoms in total. The number of aliphatic hydroxyl groups is 1. The number of H-pyrrole nitrogens is 1. The third-order valence-electron chi connectivity index (χ3n) is 4.70. The van der Waals surface area contributed by atoms with Crippen LogP contribution >= 0.6 is 23.6 Å². The van der Waals surface area contributed by atoms with Crippen LogP contribution in [0.15, 0.2) is 29.1 Å². The van der Waals surface area contributed by atoms with Crippen molar-refractivity contribution in [2.24, 2.45) is 0 Å². The molecule has 4 N–H and O–H groups in total. The topological polar surface area (TPSA) is 155 Å². The molecule has 0 aromatic carbocycles. The van der Waals surface area contributed by atoms with E-state index in [0.29, 0.717) is 16.6 Å². The van der Waals surface area contributed by atoms with E-state index in [1.165, 1.54) is 26.9 Å². The largest absolute Gasteiger partial charge is 0.493 e. The molecule has 15 heteroatoms. The summed E-state index contributed by atoms with van der Waals surface area (Å²) < 4.78 is 46.7. The molecule has 4 rings (SSSR count). The Labute approximate surface area is 203 Å². The van der Waals surface area contributed by atoms with Crippen molar-refractivity contribution in [3.8, 4) is 17.4 Å². The SMILES string of the molecule is Cc1cc(-n2c(O)c(C=C=C3Oc4ccsc4N3CS(=O)(=O)O)n(CCOCCO)c2=S)n[nH]1.